The molecule has 2 aromatic rings. The molecule has 0 saturated heterocycles. The van der Waals surface area contributed by atoms with Crippen molar-refractivity contribution in [2.45, 2.75) is 26.9 Å². The van der Waals surface area contributed by atoms with Gasteiger partial charge in [-0.3, -0.25) is 0 Å². The lowest BCUT2D eigenvalue weighted by atomic mass is 10.1. The highest BCUT2D eigenvalue weighted by atomic mass is 15.0. The number of aryl methyl sites for hydroxylation is 2. The number of hydrogen-bond acceptors (Lipinski definition) is 2. The van der Waals surface area contributed by atoms with Gasteiger partial charge in [-0.1, -0.05) is 23.8 Å². The Bertz CT molecular complexity index is 460. The predicted octanol–water partition coefficient (Wildman–Crippen LogP) is 2.29. The van der Waals surface area contributed by atoms with Gasteiger partial charge >= 0.3 is 0 Å². The molecular weight excluding hydrogens is 210 g/mol. The first-order valence-electron chi connectivity index (χ1n) is 5.98. The quantitative estimate of drug-likeness (QED) is 0.797. The Morgan fingerprint density at radius 2 is 2.18 bits per heavy atom. The molecule has 0 unspecified atom stereocenters. The number of benzene rings is 1. The van der Waals surface area contributed by atoms with Crippen LogP contribution in [0.25, 0.3) is 0 Å². The lowest BCUT2D eigenvalue weighted by Gasteiger charge is -2.09. The fourth-order valence-electron chi connectivity index (χ4n) is 1.89. The topological polar surface area (TPSA) is 29.9 Å². The predicted molar refractivity (Wildman–Crippen MR) is 69.8 cm³/mol. The standard InChI is InChI=1S/C14H19N3/c1-12-3-4-14(13(2)9-12)10-15-5-7-17-8-6-16-11-17/h3-4,6,8-9,11,15H,5,7,10H2,1-2H3. The molecule has 0 saturated carbocycles. The van der Waals surface area contributed by atoms with E-state index in [1.165, 1.54) is 16.7 Å². The largest absolute Gasteiger partial charge is 0.336 e. The first-order chi connectivity index (χ1) is 8.25. The van der Waals surface area contributed by atoms with Gasteiger partial charge in [-0.15, -0.1) is 0 Å². The second-order valence-corrected chi connectivity index (χ2v) is 4.41. The van der Waals surface area contributed by atoms with E-state index in [9.17, 15) is 0 Å². The van der Waals surface area contributed by atoms with Crippen LogP contribution >= 0.6 is 0 Å². The van der Waals surface area contributed by atoms with Crippen molar-refractivity contribution in [3.8, 4) is 0 Å². The molecule has 0 radical (unpaired) electrons. The zero-order valence-electron chi connectivity index (χ0n) is 10.5. The van der Waals surface area contributed by atoms with E-state index >= 15 is 0 Å². The van der Waals surface area contributed by atoms with Crippen LogP contribution in [0.1, 0.15) is 16.7 Å². The van der Waals surface area contributed by atoms with Gasteiger partial charge in [-0.2, -0.15) is 0 Å². The summed E-state index contributed by atoms with van der Waals surface area (Å²) in [5.41, 5.74) is 4.06. The summed E-state index contributed by atoms with van der Waals surface area (Å²) in [6.07, 6.45) is 5.64. The van der Waals surface area contributed by atoms with E-state index in [0.29, 0.717) is 0 Å². The normalized spacial score (nSPS) is 10.7. The van der Waals surface area contributed by atoms with Crippen molar-refractivity contribution < 1.29 is 0 Å². The van der Waals surface area contributed by atoms with Crippen molar-refractivity contribution in [1.82, 2.24) is 14.9 Å². The van der Waals surface area contributed by atoms with E-state index in [4.69, 9.17) is 0 Å². The van der Waals surface area contributed by atoms with E-state index in [1.54, 1.807) is 0 Å². The Morgan fingerprint density at radius 1 is 1.29 bits per heavy atom. The number of hydrogen-bond donors (Lipinski definition) is 1. The lowest BCUT2D eigenvalue weighted by Crippen LogP contribution is -2.19. The van der Waals surface area contributed by atoms with Crippen LogP contribution in [0.4, 0.5) is 0 Å². The maximum atomic E-state index is 4.02. The molecule has 0 amide bonds. The summed E-state index contributed by atoms with van der Waals surface area (Å²) in [5.74, 6) is 0. The summed E-state index contributed by atoms with van der Waals surface area (Å²) in [6, 6.07) is 6.60. The Hall–Kier alpha value is -1.61. The number of aromatic nitrogens is 2. The monoisotopic (exact) mass is 229 g/mol. The fourth-order valence-corrected chi connectivity index (χ4v) is 1.89. The van der Waals surface area contributed by atoms with Gasteiger partial charge in [0.2, 0.25) is 0 Å². The van der Waals surface area contributed by atoms with E-state index < -0.39 is 0 Å². The molecule has 3 nitrogen and oxygen atoms in total. The van der Waals surface area contributed by atoms with Gasteiger partial charge in [0.1, 0.15) is 0 Å². The summed E-state index contributed by atoms with van der Waals surface area (Å²) in [7, 11) is 0. The maximum absolute atomic E-state index is 4.02. The van der Waals surface area contributed by atoms with Gasteiger partial charge in [-0.05, 0) is 25.0 Å². The number of nitrogens with one attached hydrogen (secondary N) is 1. The molecule has 0 spiro atoms. The minimum absolute atomic E-state index is 0.931. The Balaban J connectivity index is 1.78. The highest BCUT2D eigenvalue weighted by Gasteiger charge is 1.98. The van der Waals surface area contributed by atoms with E-state index in [-0.39, 0.29) is 0 Å². The summed E-state index contributed by atoms with van der Waals surface area (Å²) in [4.78, 5) is 4.02. The third-order valence-corrected chi connectivity index (χ3v) is 2.92. The SMILES string of the molecule is Cc1ccc(CNCCn2ccnc2)c(C)c1. The average molecular weight is 229 g/mol. The molecule has 1 N–H and O–H groups in total. The van der Waals surface area contributed by atoms with Crippen LogP contribution in [0.2, 0.25) is 0 Å². The number of nitrogens with zero attached hydrogens (tertiary/aromatic N) is 2. The smallest absolute Gasteiger partial charge is 0.0946 e. The van der Waals surface area contributed by atoms with Crippen LogP contribution in [0.3, 0.4) is 0 Å². The van der Waals surface area contributed by atoms with Crippen LogP contribution in [-0.2, 0) is 13.1 Å². The maximum Gasteiger partial charge on any atom is 0.0946 e. The van der Waals surface area contributed by atoms with Crippen LogP contribution in [0.5, 0.6) is 0 Å². The van der Waals surface area contributed by atoms with E-state index in [1.807, 2.05) is 18.7 Å². The minimum atomic E-state index is 0.931. The third kappa shape index (κ3) is 3.43. The van der Waals surface area contributed by atoms with Crippen molar-refractivity contribution in [1.29, 1.82) is 0 Å². The first kappa shape index (κ1) is 11.9. The van der Waals surface area contributed by atoms with Crippen LogP contribution < -0.4 is 5.32 Å². The first-order valence-corrected chi connectivity index (χ1v) is 5.98. The second kappa shape index (κ2) is 5.64. The molecular formula is C14H19N3. The van der Waals surface area contributed by atoms with Crippen molar-refractivity contribution in [3.63, 3.8) is 0 Å². The lowest BCUT2D eigenvalue weighted by molar-refractivity contribution is 0.596. The van der Waals surface area contributed by atoms with Crippen molar-refractivity contribution in [2.75, 3.05) is 6.54 Å². The molecule has 1 aromatic heterocycles. The Kier molecular flexibility index (Phi) is 3.94. The highest BCUT2D eigenvalue weighted by Crippen LogP contribution is 2.09. The van der Waals surface area contributed by atoms with Gasteiger partial charge in [0, 0.05) is 32.0 Å². The van der Waals surface area contributed by atoms with Gasteiger partial charge < -0.3 is 9.88 Å². The van der Waals surface area contributed by atoms with Crippen molar-refractivity contribution in [2.24, 2.45) is 0 Å². The molecule has 0 bridgehead atoms. The molecule has 0 aliphatic rings. The third-order valence-electron chi connectivity index (χ3n) is 2.92. The number of imidazole rings is 1. The molecule has 1 aromatic carbocycles. The van der Waals surface area contributed by atoms with Gasteiger partial charge in [0.25, 0.3) is 0 Å². The molecule has 0 aliphatic carbocycles. The molecule has 0 aliphatic heterocycles. The summed E-state index contributed by atoms with van der Waals surface area (Å²) < 4.78 is 2.08. The summed E-state index contributed by atoms with van der Waals surface area (Å²) in [5, 5.41) is 3.45. The average Bonchev–Trinajstić information content (AvgIpc) is 2.79. The highest BCUT2D eigenvalue weighted by molar-refractivity contribution is 5.30. The van der Waals surface area contributed by atoms with Crippen LogP contribution in [0, 0.1) is 13.8 Å². The molecule has 2 rings (SSSR count). The fraction of sp³-hybridized carbons (Fsp3) is 0.357. The molecule has 0 fully saturated rings. The zero-order chi connectivity index (χ0) is 12.1. The van der Waals surface area contributed by atoms with Gasteiger partial charge in [0.05, 0.1) is 6.33 Å². The molecule has 90 valence electrons. The summed E-state index contributed by atoms with van der Waals surface area (Å²) >= 11 is 0. The Morgan fingerprint density at radius 3 is 2.88 bits per heavy atom. The Labute approximate surface area is 103 Å². The molecule has 3 heteroatoms. The number of rotatable bonds is 5. The van der Waals surface area contributed by atoms with Gasteiger partial charge in [0.15, 0.2) is 0 Å². The van der Waals surface area contributed by atoms with Crippen LogP contribution in [0.15, 0.2) is 36.9 Å². The van der Waals surface area contributed by atoms with Crippen molar-refractivity contribution >= 4 is 0 Å². The van der Waals surface area contributed by atoms with Crippen molar-refractivity contribution in [3.05, 3.63) is 53.6 Å². The minimum Gasteiger partial charge on any atom is -0.336 e. The molecule has 0 atom stereocenters. The summed E-state index contributed by atoms with van der Waals surface area (Å²) in [6.45, 7) is 7.15. The van der Waals surface area contributed by atoms with Crippen LogP contribution in [-0.4, -0.2) is 16.1 Å². The van der Waals surface area contributed by atoms with Gasteiger partial charge in [-0.25, -0.2) is 4.98 Å². The van der Waals surface area contributed by atoms with E-state index in [0.717, 1.165) is 19.6 Å². The zero-order valence-corrected chi connectivity index (χ0v) is 10.5. The van der Waals surface area contributed by atoms with E-state index in [2.05, 4.69) is 46.9 Å². The molecule has 17 heavy (non-hydrogen) atoms. The molecule has 1 heterocycles. The second-order valence-electron chi connectivity index (χ2n) is 4.41.